The number of fused-ring (bicyclic) bond motifs is 1. The summed E-state index contributed by atoms with van der Waals surface area (Å²) in [5, 5.41) is 8.69. The summed E-state index contributed by atoms with van der Waals surface area (Å²) in [6.07, 6.45) is 2.97. The number of carbonyl (C=O) groups excluding carboxylic acids is 3. The summed E-state index contributed by atoms with van der Waals surface area (Å²) in [5.41, 5.74) is 1.65. The van der Waals surface area contributed by atoms with Gasteiger partial charge in [0.15, 0.2) is 0 Å². The fourth-order valence-electron chi connectivity index (χ4n) is 5.96. The molecule has 0 spiro atoms. The van der Waals surface area contributed by atoms with Crippen LogP contribution in [0.15, 0.2) is 24.3 Å². The highest BCUT2D eigenvalue weighted by molar-refractivity contribution is 6.01. The minimum absolute atomic E-state index is 0.197. The third-order valence-electron chi connectivity index (χ3n) is 7.90. The van der Waals surface area contributed by atoms with Gasteiger partial charge < -0.3 is 25.2 Å². The molecule has 0 bridgehead atoms. The number of alkyl carbamates (subject to hydrolysis) is 1. The Hall–Kier alpha value is -2.81. The van der Waals surface area contributed by atoms with Gasteiger partial charge in [-0.2, -0.15) is 0 Å². The number of piperidine rings is 3. The number of nitrogens with zero attached hydrogens (tertiary/aromatic N) is 2. The normalized spacial score (nSPS) is 28.9. The highest BCUT2D eigenvalue weighted by Gasteiger charge is 2.56. The Balaban J connectivity index is 1.01. The fraction of sp³-hybridized carbons (Fsp3) is 0.667. The number of hydrogen-bond acceptors (Lipinski definition) is 7. The number of amides is 3. The predicted molar refractivity (Wildman–Crippen MR) is 138 cm³/mol. The van der Waals surface area contributed by atoms with E-state index in [0.29, 0.717) is 30.6 Å². The number of rotatable bonds is 6. The van der Waals surface area contributed by atoms with Gasteiger partial charge in [-0.1, -0.05) is 0 Å². The Kier molecular flexibility index (Phi) is 6.85. The third kappa shape index (κ3) is 5.94. The van der Waals surface area contributed by atoms with Crippen LogP contribution in [0.4, 0.5) is 16.2 Å². The number of nitrogens with one attached hydrogen (secondary N) is 3. The highest BCUT2D eigenvalue weighted by atomic mass is 16.6. The Morgan fingerprint density at radius 3 is 2.33 bits per heavy atom. The van der Waals surface area contributed by atoms with E-state index < -0.39 is 5.60 Å². The van der Waals surface area contributed by atoms with Gasteiger partial charge in [0.05, 0.1) is 0 Å². The number of likely N-dealkylation sites (tertiary alicyclic amines) is 1. The molecule has 3 saturated heterocycles. The van der Waals surface area contributed by atoms with Crippen LogP contribution in [-0.4, -0.2) is 73.2 Å². The van der Waals surface area contributed by atoms with Gasteiger partial charge in [-0.25, -0.2) is 4.79 Å². The zero-order chi connectivity index (χ0) is 25.4. The van der Waals surface area contributed by atoms with Crippen molar-refractivity contribution in [1.29, 1.82) is 0 Å². The van der Waals surface area contributed by atoms with Crippen molar-refractivity contribution in [3.63, 3.8) is 0 Å². The van der Waals surface area contributed by atoms with Crippen molar-refractivity contribution in [2.24, 2.45) is 17.8 Å². The molecule has 3 amide bonds. The molecule has 4 aliphatic rings. The van der Waals surface area contributed by atoms with Crippen LogP contribution in [0.25, 0.3) is 0 Å². The first-order valence-electron chi connectivity index (χ1n) is 13.3. The van der Waals surface area contributed by atoms with E-state index in [-0.39, 0.29) is 30.0 Å². The molecule has 3 N–H and O–H groups in total. The summed E-state index contributed by atoms with van der Waals surface area (Å²) < 4.78 is 5.40. The lowest BCUT2D eigenvalue weighted by atomic mass is 9.95. The summed E-state index contributed by atoms with van der Waals surface area (Å²) in [4.78, 5) is 40.4. The van der Waals surface area contributed by atoms with E-state index in [1.165, 1.54) is 18.5 Å². The van der Waals surface area contributed by atoms with E-state index in [2.05, 4.69) is 37.9 Å². The topological polar surface area (TPSA) is 103 Å². The quantitative estimate of drug-likeness (QED) is 0.519. The molecular formula is C27H39N5O4. The van der Waals surface area contributed by atoms with E-state index in [1.54, 1.807) is 0 Å². The molecule has 9 heteroatoms. The predicted octanol–water partition coefficient (Wildman–Crippen LogP) is 2.58. The van der Waals surface area contributed by atoms with Gasteiger partial charge in [0, 0.05) is 56.6 Å². The average molecular weight is 498 g/mol. The number of imide groups is 1. The number of anilines is 2. The average Bonchev–Trinajstić information content (AvgIpc) is 3.24. The summed E-state index contributed by atoms with van der Waals surface area (Å²) >= 11 is 0. The van der Waals surface area contributed by atoms with Crippen LogP contribution >= 0.6 is 0 Å². The maximum atomic E-state index is 12.0. The van der Waals surface area contributed by atoms with Gasteiger partial charge in [0.25, 0.3) is 0 Å². The molecule has 9 nitrogen and oxygen atoms in total. The van der Waals surface area contributed by atoms with Gasteiger partial charge in [-0.05, 0) is 82.1 Å². The SMILES string of the molecule is CC(C)(C)OC(=O)NC1C2CN(CC3CCN(c4ccc(NC5CCC(=O)NC5=O)cc4)CC3)CC21. The first-order valence-corrected chi connectivity index (χ1v) is 13.3. The van der Waals surface area contributed by atoms with Gasteiger partial charge in [0.1, 0.15) is 11.6 Å². The molecule has 1 aliphatic carbocycles. The molecule has 3 aliphatic heterocycles. The Bertz CT molecular complexity index is 971. The van der Waals surface area contributed by atoms with Crippen molar-refractivity contribution in [2.45, 2.75) is 64.1 Å². The van der Waals surface area contributed by atoms with Crippen LogP contribution in [-0.2, 0) is 14.3 Å². The summed E-state index contributed by atoms with van der Waals surface area (Å²) in [5.74, 6) is 1.42. The van der Waals surface area contributed by atoms with Crippen molar-refractivity contribution in [3.05, 3.63) is 24.3 Å². The Morgan fingerprint density at radius 1 is 1.06 bits per heavy atom. The number of ether oxygens (including phenoxy) is 1. The highest BCUT2D eigenvalue weighted by Crippen LogP contribution is 2.46. The molecule has 1 aromatic carbocycles. The molecule has 3 atom stereocenters. The molecule has 3 unspecified atom stereocenters. The maximum Gasteiger partial charge on any atom is 0.407 e. The first-order chi connectivity index (χ1) is 17.1. The number of carbonyl (C=O) groups is 3. The van der Waals surface area contributed by atoms with E-state index in [4.69, 9.17) is 4.74 Å². The van der Waals surface area contributed by atoms with Crippen molar-refractivity contribution in [3.8, 4) is 0 Å². The molecule has 5 rings (SSSR count). The lowest BCUT2D eigenvalue weighted by Gasteiger charge is -2.36. The molecule has 36 heavy (non-hydrogen) atoms. The van der Waals surface area contributed by atoms with Crippen molar-refractivity contribution < 1.29 is 19.1 Å². The lowest BCUT2D eigenvalue weighted by molar-refractivity contribution is -0.133. The number of hydrogen-bond donors (Lipinski definition) is 3. The molecule has 1 aromatic rings. The van der Waals surface area contributed by atoms with Gasteiger partial charge >= 0.3 is 6.09 Å². The minimum atomic E-state index is -0.455. The second-order valence-corrected chi connectivity index (χ2v) is 11.8. The molecular weight excluding hydrogens is 458 g/mol. The monoisotopic (exact) mass is 497 g/mol. The van der Waals surface area contributed by atoms with Gasteiger partial charge in [-0.15, -0.1) is 0 Å². The third-order valence-corrected chi connectivity index (χ3v) is 7.90. The van der Waals surface area contributed by atoms with E-state index in [9.17, 15) is 14.4 Å². The second-order valence-electron chi connectivity index (χ2n) is 11.8. The number of benzene rings is 1. The molecule has 1 saturated carbocycles. The van der Waals surface area contributed by atoms with Crippen LogP contribution in [0, 0.1) is 17.8 Å². The molecule has 0 aromatic heterocycles. The maximum absolute atomic E-state index is 12.0. The summed E-state index contributed by atoms with van der Waals surface area (Å²) in [6.45, 7) is 11.1. The van der Waals surface area contributed by atoms with Crippen molar-refractivity contribution in [2.75, 3.05) is 42.9 Å². The fourth-order valence-corrected chi connectivity index (χ4v) is 5.96. The Labute approximate surface area is 213 Å². The smallest absolute Gasteiger partial charge is 0.407 e. The summed E-state index contributed by atoms with van der Waals surface area (Å²) in [6, 6.07) is 8.18. The zero-order valence-electron chi connectivity index (χ0n) is 21.6. The first kappa shape index (κ1) is 24.9. The zero-order valence-corrected chi connectivity index (χ0v) is 21.6. The molecule has 4 fully saturated rings. The largest absolute Gasteiger partial charge is 0.444 e. The van der Waals surface area contributed by atoms with Crippen LogP contribution in [0.1, 0.15) is 46.5 Å². The van der Waals surface area contributed by atoms with Crippen LogP contribution in [0.5, 0.6) is 0 Å². The van der Waals surface area contributed by atoms with Crippen molar-refractivity contribution >= 4 is 29.3 Å². The Morgan fingerprint density at radius 2 is 1.72 bits per heavy atom. The van der Waals surface area contributed by atoms with Crippen molar-refractivity contribution in [1.82, 2.24) is 15.5 Å². The van der Waals surface area contributed by atoms with E-state index in [0.717, 1.165) is 38.4 Å². The van der Waals surface area contributed by atoms with E-state index in [1.807, 2.05) is 32.9 Å². The standard InChI is InChI=1S/C27H39N5O4/c1-27(2,3)36-26(35)30-24-20-15-31(16-21(20)24)14-17-10-12-32(13-11-17)19-6-4-18(5-7-19)28-22-8-9-23(33)29-25(22)34/h4-7,17,20-22,24,28H,8-16H2,1-3H3,(H,30,35)(H,29,33,34). The van der Waals surface area contributed by atoms with Crippen LogP contribution < -0.4 is 20.9 Å². The van der Waals surface area contributed by atoms with E-state index >= 15 is 0 Å². The second kappa shape index (κ2) is 9.92. The van der Waals surface area contributed by atoms with Crippen LogP contribution in [0.2, 0.25) is 0 Å². The molecule has 0 radical (unpaired) electrons. The van der Waals surface area contributed by atoms with Crippen LogP contribution in [0.3, 0.4) is 0 Å². The lowest BCUT2D eigenvalue weighted by Crippen LogP contribution is -2.47. The summed E-state index contributed by atoms with van der Waals surface area (Å²) in [7, 11) is 0. The molecule has 196 valence electrons. The van der Waals surface area contributed by atoms with Gasteiger partial charge in [-0.3, -0.25) is 14.9 Å². The molecule has 3 heterocycles. The minimum Gasteiger partial charge on any atom is -0.444 e. The van der Waals surface area contributed by atoms with Gasteiger partial charge in [0.2, 0.25) is 11.8 Å².